The van der Waals surface area contributed by atoms with Gasteiger partial charge in [-0.3, -0.25) is 0 Å². The highest BCUT2D eigenvalue weighted by Gasteiger charge is 2.31. The van der Waals surface area contributed by atoms with Crippen LogP contribution in [0, 0.1) is 5.41 Å². The van der Waals surface area contributed by atoms with Gasteiger partial charge in [-0.1, -0.05) is 32.0 Å². The molecule has 2 rings (SSSR count). The fourth-order valence-corrected chi connectivity index (χ4v) is 2.90. The summed E-state index contributed by atoms with van der Waals surface area (Å²) in [6.07, 6.45) is 2.34. The topological polar surface area (TPSA) is 30.5 Å². The molecule has 0 radical (unpaired) electrons. The molecule has 20 heavy (non-hydrogen) atoms. The van der Waals surface area contributed by atoms with E-state index < -0.39 is 0 Å². The van der Waals surface area contributed by atoms with E-state index in [1.165, 1.54) is 18.4 Å². The zero-order chi connectivity index (χ0) is 14.4. The van der Waals surface area contributed by atoms with Gasteiger partial charge >= 0.3 is 0 Å². The Balaban J connectivity index is 1.93. The molecule has 1 aliphatic rings. The Kier molecular flexibility index (Phi) is 5.44. The van der Waals surface area contributed by atoms with Crippen LogP contribution in [0.3, 0.4) is 0 Å². The average molecular weight is 277 g/mol. The fourth-order valence-electron chi connectivity index (χ4n) is 2.90. The molecule has 0 fully saturated rings. The van der Waals surface area contributed by atoms with Crippen LogP contribution in [0.15, 0.2) is 24.3 Å². The molecule has 1 aromatic carbocycles. The Bertz CT molecular complexity index is 421. The number of ether oxygens (including phenoxy) is 2. The molecule has 0 spiro atoms. The van der Waals surface area contributed by atoms with Gasteiger partial charge in [-0.15, -0.1) is 0 Å². The lowest BCUT2D eigenvalue weighted by atomic mass is 9.77. The first kappa shape index (κ1) is 15.3. The molecule has 112 valence electrons. The zero-order valence-corrected chi connectivity index (χ0v) is 12.9. The molecule has 1 heterocycles. The van der Waals surface area contributed by atoms with Crippen LogP contribution < -0.4 is 10.1 Å². The minimum atomic E-state index is 0.305. The number of methoxy groups -OCH3 is 1. The van der Waals surface area contributed by atoms with Crippen LogP contribution >= 0.6 is 0 Å². The van der Waals surface area contributed by atoms with Crippen molar-refractivity contribution in [2.24, 2.45) is 5.41 Å². The van der Waals surface area contributed by atoms with Crippen molar-refractivity contribution in [3.8, 4) is 5.75 Å². The van der Waals surface area contributed by atoms with E-state index >= 15 is 0 Å². The minimum Gasteiger partial charge on any atom is -0.493 e. The highest BCUT2D eigenvalue weighted by atomic mass is 16.5. The number of rotatable bonds is 8. The second kappa shape index (κ2) is 7.09. The third kappa shape index (κ3) is 3.74. The first-order valence-corrected chi connectivity index (χ1v) is 7.60. The molecule has 2 atom stereocenters. The zero-order valence-electron chi connectivity index (χ0n) is 12.9. The van der Waals surface area contributed by atoms with E-state index in [1.54, 1.807) is 7.11 Å². The molecule has 1 aliphatic heterocycles. The summed E-state index contributed by atoms with van der Waals surface area (Å²) in [7, 11) is 1.74. The van der Waals surface area contributed by atoms with Gasteiger partial charge in [-0.25, -0.2) is 0 Å². The van der Waals surface area contributed by atoms with Gasteiger partial charge < -0.3 is 14.8 Å². The maximum Gasteiger partial charge on any atom is 0.122 e. The summed E-state index contributed by atoms with van der Waals surface area (Å²) in [6.45, 7) is 8.20. The van der Waals surface area contributed by atoms with E-state index in [9.17, 15) is 0 Å². The molecule has 1 N–H and O–H groups in total. The number of hydrogen-bond donors (Lipinski definition) is 1. The maximum atomic E-state index is 5.80. The van der Waals surface area contributed by atoms with Crippen LogP contribution in [0.2, 0.25) is 0 Å². The molecule has 0 bridgehead atoms. The standard InChI is InChI=1S/C17H27NO2/c1-4-17(2,13-18-9-10-19-3)11-14-12-20-16-8-6-5-7-15(14)16/h5-8,14,18H,4,9-13H2,1-3H3. The van der Waals surface area contributed by atoms with Crippen molar-refractivity contribution in [1.29, 1.82) is 0 Å². The number of fused-ring (bicyclic) bond motifs is 1. The lowest BCUT2D eigenvalue weighted by Gasteiger charge is -2.31. The monoisotopic (exact) mass is 277 g/mol. The van der Waals surface area contributed by atoms with Crippen molar-refractivity contribution in [3.05, 3.63) is 29.8 Å². The Morgan fingerprint density at radius 1 is 1.40 bits per heavy atom. The van der Waals surface area contributed by atoms with Crippen molar-refractivity contribution >= 4 is 0 Å². The van der Waals surface area contributed by atoms with Gasteiger partial charge in [0, 0.05) is 31.7 Å². The minimum absolute atomic E-state index is 0.305. The van der Waals surface area contributed by atoms with Gasteiger partial charge in [-0.05, 0) is 24.3 Å². The van der Waals surface area contributed by atoms with Gasteiger partial charge in [0.1, 0.15) is 5.75 Å². The van der Waals surface area contributed by atoms with E-state index in [0.717, 1.165) is 32.1 Å². The molecule has 0 amide bonds. The highest BCUT2D eigenvalue weighted by Crippen LogP contribution is 2.41. The van der Waals surface area contributed by atoms with E-state index in [-0.39, 0.29) is 0 Å². The van der Waals surface area contributed by atoms with Crippen LogP contribution in [-0.4, -0.2) is 33.4 Å². The lowest BCUT2D eigenvalue weighted by Crippen LogP contribution is -2.34. The molecule has 1 aromatic rings. The quantitative estimate of drug-likeness (QED) is 0.740. The van der Waals surface area contributed by atoms with Crippen molar-refractivity contribution < 1.29 is 9.47 Å². The maximum absolute atomic E-state index is 5.80. The average Bonchev–Trinajstić information content (AvgIpc) is 2.87. The Hall–Kier alpha value is -1.06. The third-order valence-corrected chi connectivity index (χ3v) is 4.43. The number of hydrogen-bond acceptors (Lipinski definition) is 3. The summed E-state index contributed by atoms with van der Waals surface area (Å²) in [4.78, 5) is 0. The van der Waals surface area contributed by atoms with Crippen LogP contribution in [-0.2, 0) is 4.74 Å². The summed E-state index contributed by atoms with van der Waals surface area (Å²) in [6, 6.07) is 8.45. The third-order valence-electron chi connectivity index (χ3n) is 4.43. The van der Waals surface area contributed by atoms with E-state index in [0.29, 0.717) is 11.3 Å². The summed E-state index contributed by atoms with van der Waals surface area (Å²) >= 11 is 0. The van der Waals surface area contributed by atoms with Crippen LogP contribution in [0.4, 0.5) is 0 Å². The van der Waals surface area contributed by atoms with E-state index in [4.69, 9.17) is 9.47 Å². The molecule has 0 aromatic heterocycles. The molecule has 2 unspecified atom stereocenters. The predicted molar refractivity (Wildman–Crippen MR) is 82.4 cm³/mol. The SMILES string of the molecule is CCC(C)(CNCCOC)CC1COc2ccccc21. The first-order valence-electron chi connectivity index (χ1n) is 7.60. The van der Waals surface area contributed by atoms with Gasteiger partial charge in [-0.2, -0.15) is 0 Å². The highest BCUT2D eigenvalue weighted by molar-refractivity contribution is 5.39. The number of nitrogens with one attached hydrogen (secondary N) is 1. The van der Waals surface area contributed by atoms with Crippen LogP contribution in [0.1, 0.15) is 38.2 Å². The van der Waals surface area contributed by atoms with Crippen LogP contribution in [0.5, 0.6) is 5.75 Å². The molecule has 0 saturated heterocycles. The van der Waals surface area contributed by atoms with Gasteiger partial charge in [0.15, 0.2) is 0 Å². The lowest BCUT2D eigenvalue weighted by molar-refractivity contribution is 0.183. The summed E-state index contributed by atoms with van der Waals surface area (Å²) in [5.41, 5.74) is 1.68. The summed E-state index contributed by atoms with van der Waals surface area (Å²) in [5.74, 6) is 1.60. The first-order chi connectivity index (χ1) is 9.68. The second-order valence-electron chi connectivity index (χ2n) is 6.08. The molecule has 3 heteroatoms. The molecule has 0 saturated carbocycles. The predicted octanol–water partition coefficient (Wildman–Crippen LogP) is 3.21. The van der Waals surface area contributed by atoms with Gasteiger partial charge in [0.25, 0.3) is 0 Å². The van der Waals surface area contributed by atoms with Gasteiger partial charge in [0.05, 0.1) is 13.2 Å². The van der Waals surface area contributed by atoms with Crippen LogP contribution in [0.25, 0.3) is 0 Å². The molecule has 3 nitrogen and oxygen atoms in total. The Morgan fingerprint density at radius 3 is 2.95 bits per heavy atom. The largest absolute Gasteiger partial charge is 0.493 e. The molecular weight excluding hydrogens is 250 g/mol. The Morgan fingerprint density at radius 2 is 2.20 bits per heavy atom. The fraction of sp³-hybridized carbons (Fsp3) is 0.647. The number of para-hydroxylation sites is 1. The smallest absolute Gasteiger partial charge is 0.122 e. The second-order valence-corrected chi connectivity index (χ2v) is 6.08. The summed E-state index contributed by atoms with van der Waals surface area (Å²) < 4.78 is 10.9. The molecular formula is C17H27NO2. The Labute approximate surface area is 122 Å². The van der Waals surface area contributed by atoms with Crippen molar-refractivity contribution in [1.82, 2.24) is 5.32 Å². The van der Waals surface area contributed by atoms with E-state index in [2.05, 4.69) is 37.4 Å². The van der Waals surface area contributed by atoms with Crippen molar-refractivity contribution in [3.63, 3.8) is 0 Å². The summed E-state index contributed by atoms with van der Waals surface area (Å²) in [5, 5.41) is 3.51. The normalized spacial score (nSPS) is 20.2. The molecule has 0 aliphatic carbocycles. The van der Waals surface area contributed by atoms with Gasteiger partial charge in [0.2, 0.25) is 0 Å². The van der Waals surface area contributed by atoms with E-state index in [1.807, 2.05) is 6.07 Å². The van der Waals surface area contributed by atoms with Crippen molar-refractivity contribution in [2.45, 2.75) is 32.6 Å². The number of benzene rings is 1. The van der Waals surface area contributed by atoms with Crippen molar-refractivity contribution in [2.75, 3.05) is 33.4 Å².